The van der Waals surface area contributed by atoms with E-state index >= 15 is 0 Å². The molecule has 2 aromatic carbocycles. The Morgan fingerprint density at radius 1 is 1.10 bits per heavy atom. The molecule has 1 atom stereocenters. The number of hydrogen-bond acceptors (Lipinski definition) is 3. The fraction of sp³-hybridized carbons (Fsp3) is 0.308. The molecule has 2 aromatic rings. The number of rotatable bonds is 4. The van der Waals surface area contributed by atoms with Crippen molar-refractivity contribution in [1.29, 1.82) is 0 Å². The molecule has 0 N–H and O–H groups in total. The quantitative estimate of drug-likeness (QED) is 0.586. The smallest absolute Gasteiger partial charge is 0.232 e. The van der Waals surface area contributed by atoms with Gasteiger partial charge >= 0.3 is 0 Å². The molecule has 4 rings (SSSR count). The molecule has 0 saturated carbocycles. The number of hydrogen-bond donors (Lipinski definition) is 0. The van der Waals surface area contributed by atoms with Gasteiger partial charge in [0.1, 0.15) is 5.75 Å². The van der Waals surface area contributed by atoms with Gasteiger partial charge in [-0.25, -0.2) is 0 Å². The molecule has 31 heavy (non-hydrogen) atoms. The summed E-state index contributed by atoms with van der Waals surface area (Å²) in [4.78, 5) is 28.4. The molecule has 1 aliphatic carbocycles. The molecular formula is C26H26ClNO3. The number of nitrogens with zero attached hydrogens (tertiary/aromatic N) is 1. The summed E-state index contributed by atoms with van der Waals surface area (Å²) >= 11 is 6.26. The molecular weight excluding hydrogens is 410 g/mol. The third-order valence-corrected chi connectivity index (χ3v) is 6.12. The number of carbonyl (C=O) groups is 2. The molecule has 0 radical (unpaired) electrons. The van der Waals surface area contributed by atoms with E-state index < -0.39 is 0 Å². The molecule has 1 heterocycles. The highest BCUT2D eigenvalue weighted by molar-refractivity contribution is 6.31. The first-order chi connectivity index (χ1) is 14.8. The van der Waals surface area contributed by atoms with Crippen molar-refractivity contribution >= 4 is 35.1 Å². The minimum absolute atomic E-state index is 0.0625. The summed E-state index contributed by atoms with van der Waals surface area (Å²) in [7, 11) is 1.57. The number of carbonyl (C=O) groups excluding carboxylic acids is 2. The maximum atomic E-state index is 13.4. The van der Waals surface area contributed by atoms with Crippen LogP contribution in [0, 0.1) is 11.3 Å². The summed E-state index contributed by atoms with van der Waals surface area (Å²) in [5.41, 5.74) is 2.89. The average Bonchev–Trinajstić information content (AvgIpc) is 2.71. The van der Waals surface area contributed by atoms with E-state index in [0.29, 0.717) is 29.3 Å². The van der Waals surface area contributed by atoms with Gasteiger partial charge in [0, 0.05) is 35.1 Å². The van der Waals surface area contributed by atoms with Crippen molar-refractivity contribution in [2.24, 2.45) is 11.3 Å². The fourth-order valence-electron chi connectivity index (χ4n) is 4.53. The molecule has 1 aliphatic heterocycles. The SMILES string of the molecule is COc1ccc(Cl)cc1N1C(=O)CC(/C=C/c2ccccc2)C2=C1CC(C)(C)CC2=O. The van der Waals surface area contributed by atoms with Gasteiger partial charge in [0.15, 0.2) is 5.78 Å². The Balaban J connectivity index is 1.84. The van der Waals surface area contributed by atoms with Crippen molar-refractivity contribution in [2.45, 2.75) is 33.1 Å². The van der Waals surface area contributed by atoms with Crippen molar-refractivity contribution in [3.05, 3.63) is 76.5 Å². The molecule has 5 heteroatoms. The van der Waals surface area contributed by atoms with Crippen LogP contribution in [0.5, 0.6) is 5.75 Å². The normalized spacial score (nSPS) is 20.9. The zero-order valence-corrected chi connectivity index (χ0v) is 18.8. The molecule has 0 aromatic heterocycles. The van der Waals surface area contributed by atoms with Crippen LogP contribution in [0.15, 0.2) is 65.9 Å². The van der Waals surface area contributed by atoms with Crippen molar-refractivity contribution in [1.82, 2.24) is 0 Å². The van der Waals surface area contributed by atoms with Gasteiger partial charge in [-0.3, -0.25) is 14.5 Å². The fourth-order valence-corrected chi connectivity index (χ4v) is 4.69. The van der Waals surface area contributed by atoms with Crippen LogP contribution >= 0.6 is 11.6 Å². The first-order valence-corrected chi connectivity index (χ1v) is 10.8. The number of benzene rings is 2. The van der Waals surface area contributed by atoms with Gasteiger partial charge in [-0.05, 0) is 35.6 Å². The van der Waals surface area contributed by atoms with E-state index in [9.17, 15) is 9.59 Å². The number of ketones is 1. The molecule has 0 fully saturated rings. The summed E-state index contributed by atoms with van der Waals surface area (Å²) in [6, 6.07) is 15.1. The second-order valence-electron chi connectivity index (χ2n) is 8.93. The van der Waals surface area contributed by atoms with Gasteiger partial charge in [0.2, 0.25) is 5.91 Å². The lowest BCUT2D eigenvalue weighted by molar-refractivity contribution is -0.121. The number of methoxy groups -OCH3 is 1. The summed E-state index contributed by atoms with van der Waals surface area (Å²) in [5.74, 6) is 0.353. The van der Waals surface area contributed by atoms with Gasteiger partial charge in [-0.1, -0.05) is 67.9 Å². The number of anilines is 1. The average molecular weight is 436 g/mol. The van der Waals surface area contributed by atoms with Crippen LogP contribution in [0.4, 0.5) is 5.69 Å². The van der Waals surface area contributed by atoms with E-state index in [4.69, 9.17) is 16.3 Å². The van der Waals surface area contributed by atoms with Gasteiger partial charge in [-0.2, -0.15) is 0 Å². The Morgan fingerprint density at radius 3 is 2.55 bits per heavy atom. The van der Waals surface area contributed by atoms with Crippen LogP contribution in [-0.2, 0) is 9.59 Å². The Morgan fingerprint density at radius 2 is 1.84 bits per heavy atom. The third-order valence-electron chi connectivity index (χ3n) is 5.88. The van der Waals surface area contributed by atoms with Gasteiger partial charge in [-0.15, -0.1) is 0 Å². The number of Topliss-reactive ketones (excluding diaryl/α,β-unsaturated/α-hetero) is 1. The lowest BCUT2D eigenvalue weighted by Gasteiger charge is -2.42. The first-order valence-electron chi connectivity index (χ1n) is 10.4. The van der Waals surface area contributed by atoms with Gasteiger partial charge in [0.05, 0.1) is 12.8 Å². The summed E-state index contributed by atoms with van der Waals surface area (Å²) < 4.78 is 5.52. The van der Waals surface area contributed by atoms with Crippen molar-refractivity contribution in [2.75, 3.05) is 12.0 Å². The Kier molecular flexibility index (Phi) is 5.76. The van der Waals surface area contributed by atoms with Crippen LogP contribution in [0.1, 0.15) is 38.7 Å². The van der Waals surface area contributed by atoms with Crippen LogP contribution in [-0.4, -0.2) is 18.8 Å². The molecule has 160 valence electrons. The molecule has 0 saturated heterocycles. The van der Waals surface area contributed by atoms with E-state index in [2.05, 4.69) is 13.8 Å². The lowest BCUT2D eigenvalue weighted by Crippen LogP contribution is -2.44. The van der Waals surface area contributed by atoms with E-state index in [1.807, 2.05) is 42.5 Å². The Bertz CT molecular complexity index is 1090. The maximum absolute atomic E-state index is 13.4. The highest BCUT2D eigenvalue weighted by Gasteiger charge is 2.43. The Hall–Kier alpha value is -2.85. The highest BCUT2D eigenvalue weighted by atomic mass is 35.5. The predicted octanol–water partition coefficient (Wildman–Crippen LogP) is 6.06. The topological polar surface area (TPSA) is 46.6 Å². The highest BCUT2D eigenvalue weighted by Crippen LogP contribution is 2.47. The van der Waals surface area contributed by atoms with E-state index in [1.165, 1.54) is 0 Å². The van der Waals surface area contributed by atoms with Crippen LogP contribution in [0.3, 0.4) is 0 Å². The van der Waals surface area contributed by atoms with Crippen LogP contribution in [0.2, 0.25) is 5.02 Å². The predicted molar refractivity (Wildman–Crippen MR) is 124 cm³/mol. The summed E-state index contributed by atoms with van der Waals surface area (Å²) in [6.45, 7) is 4.13. The van der Waals surface area contributed by atoms with E-state index in [1.54, 1.807) is 30.2 Å². The number of amides is 1. The van der Waals surface area contributed by atoms with E-state index in [-0.39, 0.29) is 29.4 Å². The summed E-state index contributed by atoms with van der Waals surface area (Å²) in [5, 5.41) is 0.512. The number of allylic oxidation sites excluding steroid dienone is 3. The zero-order chi connectivity index (χ0) is 22.2. The van der Waals surface area contributed by atoms with Crippen molar-refractivity contribution in [3.8, 4) is 5.75 Å². The van der Waals surface area contributed by atoms with Crippen LogP contribution < -0.4 is 9.64 Å². The van der Waals surface area contributed by atoms with Crippen LogP contribution in [0.25, 0.3) is 6.08 Å². The maximum Gasteiger partial charge on any atom is 0.232 e. The standard InChI is InChI=1S/C26H26ClNO3/c1-26(2)15-21-25(22(29)16-26)18(10-9-17-7-5-4-6-8-17)13-24(30)28(21)20-14-19(27)11-12-23(20)31-3/h4-12,14,18H,13,15-16H2,1-3H3/b10-9+. The molecule has 4 nitrogen and oxygen atoms in total. The zero-order valence-electron chi connectivity index (χ0n) is 18.0. The molecule has 1 amide bonds. The monoisotopic (exact) mass is 435 g/mol. The largest absolute Gasteiger partial charge is 0.495 e. The van der Waals surface area contributed by atoms with Crippen molar-refractivity contribution in [3.63, 3.8) is 0 Å². The second kappa shape index (κ2) is 8.35. The number of halogens is 1. The molecule has 2 aliphatic rings. The second-order valence-corrected chi connectivity index (χ2v) is 9.36. The number of ether oxygens (including phenoxy) is 1. The van der Waals surface area contributed by atoms with Gasteiger partial charge in [0.25, 0.3) is 0 Å². The van der Waals surface area contributed by atoms with Crippen molar-refractivity contribution < 1.29 is 14.3 Å². The van der Waals surface area contributed by atoms with Gasteiger partial charge < -0.3 is 4.74 Å². The third kappa shape index (κ3) is 4.31. The molecule has 1 unspecified atom stereocenters. The Labute approximate surface area is 188 Å². The lowest BCUT2D eigenvalue weighted by atomic mass is 9.70. The first kappa shape index (κ1) is 21.4. The molecule has 0 bridgehead atoms. The minimum atomic E-state index is -0.243. The van der Waals surface area contributed by atoms with E-state index in [0.717, 1.165) is 16.8 Å². The summed E-state index contributed by atoms with van der Waals surface area (Å²) in [6.07, 6.45) is 5.31. The molecule has 0 spiro atoms. The minimum Gasteiger partial charge on any atom is -0.495 e.